The lowest BCUT2D eigenvalue weighted by Crippen LogP contribution is -2.63. The summed E-state index contributed by atoms with van der Waals surface area (Å²) < 4.78 is 17.0. The fraction of sp³-hybridized carbons (Fsp3) is 0.862. The SMILES string of the molecule is C[C@H]1O[C@H](O[C@H]2CC[C@@]3(C=O)[C@H](CC[C@H]4[C@H]3CC[C@]3(C)[C@@H](C5=CC(=O)OC5)CC[C@]43O)C2)[C@H](O)[C@H](O)[C@H]1O. The lowest BCUT2D eigenvalue weighted by Gasteiger charge is -2.63. The highest BCUT2D eigenvalue weighted by molar-refractivity contribution is 5.85. The van der Waals surface area contributed by atoms with E-state index in [0.717, 1.165) is 37.7 Å². The van der Waals surface area contributed by atoms with Crippen LogP contribution in [0.1, 0.15) is 71.6 Å². The first-order valence-corrected chi connectivity index (χ1v) is 14.4. The summed E-state index contributed by atoms with van der Waals surface area (Å²) >= 11 is 0. The zero-order valence-electron chi connectivity index (χ0n) is 22.3. The predicted molar refractivity (Wildman–Crippen MR) is 133 cm³/mol. The number of hydrogen-bond acceptors (Lipinski definition) is 9. The molecule has 2 heterocycles. The average Bonchev–Trinajstić information content (AvgIpc) is 3.45. The summed E-state index contributed by atoms with van der Waals surface area (Å²) in [6, 6.07) is 0. The van der Waals surface area contributed by atoms with Gasteiger partial charge in [0.25, 0.3) is 0 Å². The number of rotatable bonds is 4. The van der Waals surface area contributed by atoms with Crippen LogP contribution in [-0.2, 0) is 23.8 Å². The van der Waals surface area contributed by atoms with Gasteiger partial charge in [0, 0.05) is 16.9 Å². The van der Waals surface area contributed by atoms with Crippen molar-refractivity contribution in [2.75, 3.05) is 6.61 Å². The molecule has 1 saturated heterocycles. The largest absolute Gasteiger partial charge is 0.458 e. The first-order valence-electron chi connectivity index (χ1n) is 14.4. The molecule has 6 aliphatic rings. The van der Waals surface area contributed by atoms with Crippen molar-refractivity contribution >= 4 is 12.3 Å². The van der Waals surface area contributed by atoms with Gasteiger partial charge in [0.15, 0.2) is 6.29 Å². The zero-order chi connectivity index (χ0) is 27.0. The van der Waals surface area contributed by atoms with Crippen LogP contribution in [0.25, 0.3) is 0 Å². The highest BCUT2D eigenvalue weighted by atomic mass is 16.7. The number of hydrogen-bond donors (Lipinski definition) is 4. The van der Waals surface area contributed by atoms with Crippen molar-refractivity contribution in [3.05, 3.63) is 11.6 Å². The summed E-state index contributed by atoms with van der Waals surface area (Å²) in [7, 11) is 0. The molecule has 212 valence electrons. The van der Waals surface area contributed by atoms with Gasteiger partial charge in [0.1, 0.15) is 31.2 Å². The minimum absolute atomic E-state index is 0.0322. The Morgan fingerprint density at radius 2 is 1.79 bits per heavy atom. The molecular formula is C29H42O9. The maximum atomic E-state index is 12.9. The second kappa shape index (κ2) is 9.35. The highest BCUT2D eigenvalue weighted by Gasteiger charge is 2.68. The smallest absolute Gasteiger partial charge is 0.331 e. The number of fused-ring (bicyclic) bond motifs is 5. The molecule has 0 spiro atoms. The molecule has 38 heavy (non-hydrogen) atoms. The number of carbonyl (C=O) groups is 2. The van der Waals surface area contributed by atoms with Crippen molar-refractivity contribution in [3.8, 4) is 0 Å². The van der Waals surface area contributed by atoms with Crippen LogP contribution in [-0.4, -0.2) is 81.7 Å². The van der Waals surface area contributed by atoms with E-state index in [4.69, 9.17) is 14.2 Å². The van der Waals surface area contributed by atoms with Crippen molar-refractivity contribution in [3.63, 3.8) is 0 Å². The second-order valence-electron chi connectivity index (χ2n) is 13.2. The van der Waals surface area contributed by atoms with Crippen molar-refractivity contribution in [2.45, 2.75) is 114 Å². The van der Waals surface area contributed by atoms with Crippen LogP contribution in [0.4, 0.5) is 0 Å². The summed E-state index contributed by atoms with van der Waals surface area (Å²) in [6.45, 7) is 4.13. The van der Waals surface area contributed by atoms with Gasteiger partial charge in [0.2, 0.25) is 0 Å². The Morgan fingerprint density at radius 3 is 2.50 bits per heavy atom. The van der Waals surface area contributed by atoms with Crippen molar-refractivity contribution in [1.82, 2.24) is 0 Å². The van der Waals surface area contributed by atoms with Crippen LogP contribution in [0.5, 0.6) is 0 Å². The van der Waals surface area contributed by atoms with E-state index in [1.54, 1.807) is 13.0 Å². The monoisotopic (exact) mass is 534 g/mol. The number of ether oxygens (including phenoxy) is 3. The fourth-order valence-corrected chi connectivity index (χ4v) is 9.73. The Morgan fingerprint density at radius 1 is 1.00 bits per heavy atom. The van der Waals surface area contributed by atoms with E-state index in [-0.39, 0.29) is 41.2 Å². The molecule has 0 aromatic carbocycles. The van der Waals surface area contributed by atoms with Gasteiger partial charge in [0.05, 0.1) is 17.8 Å². The first-order chi connectivity index (χ1) is 18.0. The number of carbonyl (C=O) groups excluding carboxylic acids is 2. The van der Waals surface area contributed by atoms with Crippen molar-refractivity contribution < 1.29 is 44.2 Å². The van der Waals surface area contributed by atoms with Crippen LogP contribution in [0.15, 0.2) is 11.6 Å². The van der Waals surface area contributed by atoms with Gasteiger partial charge in [-0.3, -0.25) is 0 Å². The molecule has 6 rings (SSSR count). The zero-order valence-corrected chi connectivity index (χ0v) is 22.3. The van der Waals surface area contributed by atoms with Crippen LogP contribution in [0.3, 0.4) is 0 Å². The molecule has 0 amide bonds. The Bertz CT molecular complexity index is 999. The third kappa shape index (κ3) is 3.72. The summed E-state index contributed by atoms with van der Waals surface area (Å²) in [5, 5.41) is 42.9. The summed E-state index contributed by atoms with van der Waals surface area (Å²) in [5.74, 6) is 0.0678. The van der Waals surface area contributed by atoms with Crippen LogP contribution in [0.2, 0.25) is 0 Å². The Balaban J connectivity index is 1.19. The van der Waals surface area contributed by atoms with Gasteiger partial charge in [-0.15, -0.1) is 0 Å². The van der Waals surface area contributed by atoms with E-state index in [0.29, 0.717) is 32.3 Å². The van der Waals surface area contributed by atoms with Crippen molar-refractivity contribution in [1.29, 1.82) is 0 Å². The van der Waals surface area contributed by atoms with E-state index in [2.05, 4.69) is 6.92 Å². The molecule has 4 saturated carbocycles. The summed E-state index contributed by atoms with van der Waals surface area (Å²) in [6.07, 6.45) is 3.80. The minimum Gasteiger partial charge on any atom is -0.458 e. The molecule has 0 aromatic rings. The lowest BCUT2D eigenvalue weighted by molar-refractivity contribution is -0.309. The standard InChI is InChI=1S/C29H42O9/c1-15-23(32)24(33)25(34)26(37-15)38-18-5-9-28(14-30)17(12-18)3-4-21-20(28)6-8-27(2)19(7-10-29(21,27)35)16-11-22(31)36-13-16/h11,14-15,17-21,23-26,32-35H,3-10,12-13H2,1-2H3/t15-,17-,18+,19-,20-,21+,23+,24-,25-,26-,27-,28-,29+/m1/s1. The van der Waals surface area contributed by atoms with Gasteiger partial charge in [-0.05, 0) is 94.0 Å². The van der Waals surface area contributed by atoms with Gasteiger partial charge >= 0.3 is 5.97 Å². The third-order valence-corrected chi connectivity index (χ3v) is 11.9. The van der Waals surface area contributed by atoms with Crippen LogP contribution in [0, 0.1) is 34.5 Å². The van der Waals surface area contributed by atoms with Gasteiger partial charge in [-0.2, -0.15) is 0 Å². The molecule has 13 atom stereocenters. The molecule has 0 unspecified atom stereocenters. The molecule has 0 radical (unpaired) electrons. The van der Waals surface area contributed by atoms with Crippen LogP contribution >= 0.6 is 0 Å². The lowest BCUT2D eigenvalue weighted by atomic mass is 9.43. The minimum atomic E-state index is -1.34. The number of esters is 1. The first kappa shape index (κ1) is 26.8. The quantitative estimate of drug-likeness (QED) is 0.240. The Labute approximate surface area is 223 Å². The molecule has 4 N–H and O–H groups in total. The number of aliphatic hydroxyl groups excluding tert-OH is 3. The number of aliphatic hydroxyl groups is 4. The maximum Gasteiger partial charge on any atom is 0.331 e. The van der Waals surface area contributed by atoms with E-state index < -0.39 is 41.7 Å². The molecule has 0 aromatic heterocycles. The molecule has 2 aliphatic heterocycles. The Kier molecular flexibility index (Phi) is 6.60. The van der Waals surface area contributed by atoms with E-state index in [1.165, 1.54) is 6.29 Å². The normalized spacial score (nSPS) is 54.4. The number of aldehydes is 1. The summed E-state index contributed by atoms with van der Waals surface area (Å²) in [4.78, 5) is 24.7. The van der Waals surface area contributed by atoms with Crippen LogP contribution < -0.4 is 0 Å². The topological polar surface area (TPSA) is 143 Å². The second-order valence-corrected chi connectivity index (χ2v) is 13.2. The number of cyclic esters (lactones) is 1. The molecule has 0 bridgehead atoms. The maximum absolute atomic E-state index is 12.9. The van der Waals surface area contributed by atoms with E-state index >= 15 is 0 Å². The molecule has 9 heteroatoms. The molecule has 5 fully saturated rings. The Hall–Kier alpha value is -1.36. The van der Waals surface area contributed by atoms with Gasteiger partial charge in [-0.25, -0.2) is 4.79 Å². The predicted octanol–water partition coefficient (Wildman–Crippen LogP) is 1.64. The average molecular weight is 535 g/mol. The molecule has 9 nitrogen and oxygen atoms in total. The third-order valence-electron chi connectivity index (χ3n) is 11.9. The van der Waals surface area contributed by atoms with E-state index in [9.17, 15) is 30.0 Å². The van der Waals surface area contributed by atoms with Gasteiger partial charge in [-0.1, -0.05) is 6.92 Å². The van der Waals surface area contributed by atoms with Gasteiger partial charge < -0.3 is 39.4 Å². The molecular weight excluding hydrogens is 492 g/mol. The van der Waals surface area contributed by atoms with Crippen molar-refractivity contribution in [2.24, 2.45) is 34.5 Å². The fourth-order valence-electron chi connectivity index (χ4n) is 9.73. The highest BCUT2D eigenvalue weighted by Crippen LogP contribution is 2.69. The molecule has 4 aliphatic carbocycles. The van der Waals surface area contributed by atoms with E-state index in [1.807, 2.05) is 0 Å². The summed E-state index contributed by atoms with van der Waals surface area (Å²) in [5.41, 5.74) is -0.739.